The van der Waals surface area contributed by atoms with Gasteiger partial charge in [-0.1, -0.05) is 44.2 Å². The van der Waals surface area contributed by atoms with E-state index in [0.717, 1.165) is 12.1 Å². The molecule has 3 aromatic rings. The van der Waals surface area contributed by atoms with Crippen LogP contribution in [0.1, 0.15) is 43.0 Å². The summed E-state index contributed by atoms with van der Waals surface area (Å²) in [4.78, 5) is 30.4. The van der Waals surface area contributed by atoms with Crippen LogP contribution in [0.3, 0.4) is 0 Å². The van der Waals surface area contributed by atoms with E-state index < -0.39 is 17.7 Å². The molecule has 210 valence electrons. The molecule has 0 saturated carbocycles. The normalized spacial score (nSPS) is 16.7. The number of hydrogen-bond acceptors (Lipinski definition) is 6. The predicted molar refractivity (Wildman–Crippen MR) is 157 cm³/mol. The molecule has 1 unspecified atom stereocenters. The summed E-state index contributed by atoms with van der Waals surface area (Å²) in [5, 5.41) is 11.6. The Bertz CT molecular complexity index is 1380. The fraction of sp³-hybridized carbons (Fsp3) is 0.333. The third-order valence-corrected chi connectivity index (χ3v) is 6.73. The first-order valence-electron chi connectivity index (χ1n) is 13.7. The van der Waals surface area contributed by atoms with Crippen molar-refractivity contribution in [2.24, 2.45) is 5.92 Å². The number of carbonyl (C=O) groups is 2. The lowest BCUT2D eigenvalue weighted by Gasteiger charge is -2.26. The van der Waals surface area contributed by atoms with E-state index in [1.54, 1.807) is 17.0 Å². The second kappa shape index (κ2) is 12.8. The number of aliphatic hydroxyl groups excluding tert-OH is 1. The minimum absolute atomic E-state index is 0.0747. The maximum absolute atomic E-state index is 13.5. The van der Waals surface area contributed by atoms with Crippen LogP contribution >= 0.6 is 0 Å². The third kappa shape index (κ3) is 6.72. The first-order valence-corrected chi connectivity index (χ1v) is 13.7. The van der Waals surface area contributed by atoms with Gasteiger partial charge in [0.2, 0.25) is 0 Å². The molecule has 3 aromatic carbocycles. The Balaban J connectivity index is 1.76. The molecular weight excluding hydrogens is 504 g/mol. The molecule has 0 radical (unpaired) electrons. The monoisotopic (exact) mass is 542 g/mol. The number of rotatable bonds is 11. The smallest absolute Gasteiger partial charge is 0.295 e. The number of ketones is 1. The predicted octanol–water partition coefficient (Wildman–Crippen LogP) is 6.20. The van der Waals surface area contributed by atoms with Crippen LogP contribution in [0.4, 0.5) is 0 Å². The molecule has 1 atom stereocenters. The van der Waals surface area contributed by atoms with Crippen LogP contribution in [0.25, 0.3) is 5.76 Å². The van der Waals surface area contributed by atoms with Crippen LogP contribution in [0.15, 0.2) is 78.4 Å². The number of benzene rings is 3. The summed E-state index contributed by atoms with van der Waals surface area (Å²) in [5.41, 5.74) is 2.00. The number of carbonyl (C=O) groups excluding carboxylic acids is 2. The highest BCUT2D eigenvalue weighted by molar-refractivity contribution is 6.46. The molecule has 7 nitrogen and oxygen atoms in total. The van der Waals surface area contributed by atoms with Crippen LogP contribution in [0.2, 0.25) is 0 Å². The summed E-state index contributed by atoms with van der Waals surface area (Å²) in [6, 6.07) is 21.4. The second-order valence-electron chi connectivity index (χ2n) is 10.8. The van der Waals surface area contributed by atoms with Gasteiger partial charge in [-0.3, -0.25) is 9.59 Å². The summed E-state index contributed by atoms with van der Waals surface area (Å²) < 4.78 is 11.9. The van der Waals surface area contributed by atoms with Crippen LogP contribution in [-0.2, 0) is 9.59 Å². The molecule has 1 amide bonds. The van der Waals surface area contributed by atoms with Gasteiger partial charge in [0.05, 0.1) is 18.2 Å². The molecule has 1 heterocycles. The quantitative estimate of drug-likeness (QED) is 0.177. The highest BCUT2D eigenvalue weighted by Crippen LogP contribution is 2.41. The van der Waals surface area contributed by atoms with Gasteiger partial charge in [0.15, 0.2) is 0 Å². The van der Waals surface area contributed by atoms with Gasteiger partial charge in [-0.2, -0.15) is 0 Å². The van der Waals surface area contributed by atoms with E-state index in [0.29, 0.717) is 53.9 Å². The van der Waals surface area contributed by atoms with Gasteiger partial charge in [0, 0.05) is 12.1 Å². The molecular formula is C33H38N2O5. The largest absolute Gasteiger partial charge is 0.507 e. The van der Waals surface area contributed by atoms with Crippen molar-refractivity contribution >= 4 is 17.4 Å². The topological polar surface area (TPSA) is 79.3 Å². The van der Waals surface area contributed by atoms with E-state index in [1.807, 2.05) is 86.6 Å². The molecule has 0 aromatic heterocycles. The van der Waals surface area contributed by atoms with Gasteiger partial charge < -0.3 is 24.4 Å². The van der Waals surface area contributed by atoms with Crippen molar-refractivity contribution in [2.75, 3.05) is 33.8 Å². The third-order valence-electron chi connectivity index (χ3n) is 6.73. The van der Waals surface area contributed by atoms with Gasteiger partial charge in [0.25, 0.3) is 11.7 Å². The van der Waals surface area contributed by atoms with Crippen LogP contribution in [-0.4, -0.2) is 60.4 Å². The van der Waals surface area contributed by atoms with E-state index in [-0.39, 0.29) is 11.3 Å². The summed E-state index contributed by atoms with van der Waals surface area (Å²) in [5.74, 6) is 0.810. The van der Waals surface area contributed by atoms with Crippen LogP contribution in [0.5, 0.6) is 17.2 Å². The molecule has 1 fully saturated rings. The fourth-order valence-electron chi connectivity index (χ4n) is 4.79. The molecule has 4 rings (SSSR count). The molecule has 1 aliphatic rings. The number of nitrogens with zero attached hydrogens (tertiary/aromatic N) is 2. The first-order chi connectivity index (χ1) is 19.2. The average molecular weight is 543 g/mol. The highest BCUT2D eigenvalue weighted by Gasteiger charge is 2.46. The SMILES string of the molecule is Cc1cc(OCC(C)C)ccc1C(O)=C1C(=O)C(=O)N(CCCN(C)C)C1c1cccc(Oc2ccccc2)c1. The number of ether oxygens (including phenoxy) is 2. The lowest BCUT2D eigenvalue weighted by molar-refractivity contribution is -0.139. The Labute approximate surface area is 236 Å². The maximum atomic E-state index is 13.5. The van der Waals surface area contributed by atoms with Gasteiger partial charge in [-0.05, 0) is 93.5 Å². The van der Waals surface area contributed by atoms with Crippen molar-refractivity contribution in [1.82, 2.24) is 9.80 Å². The molecule has 7 heteroatoms. The number of likely N-dealkylation sites (tertiary alicyclic amines) is 1. The van der Waals surface area contributed by atoms with Crippen molar-refractivity contribution in [2.45, 2.75) is 33.2 Å². The number of amides is 1. The van der Waals surface area contributed by atoms with E-state index in [9.17, 15) is 14.7 Å². The van der Waals surface area contributed by atoms with Crippen molar-refractivity contribution in [3.05, 3.63) is 95.1 Å². The number of hydrogen-bond donors (Lipinski definition) is 1. The summed E-state index contributed by atoms with van der Waals surface area (Å²) in [6.07, 6.45) is 0.678. The molecule has 0 aliphatic carbocycles. The summed E-state index contributed by atoms with van der Waals surface area (Å²) >= 11 is 0. The molecule has 0 bridgehead atoms. The molecule has 40 heavy (non-hydrogen) atoms. The number of Topliss-reactive ketones (excluding diaryl/α,β-unsaturated/α-hetero) is 1. The van der Waals surface area contributed by atoms with Gasteiger partial charge in [-0.15, -0.1) is 0 Å². The average Bonchev–Trinajstić information content (AvgIpc) is 3.17. The Morgan fingerprint density at radius 3 is 2.35 bits per heavy atom. The zero-order valence-electron chi connectivity index (χ0n) is 23.9. The first kappa shape index (κ1) is 28.9. The number of aliphatic hydroxyl groups is 1. The number of para-hydroxylation sites is 1. The molecule has 1 saturated heterocycles. The van der Waals surface area contributed by atoms with Crippen LogP contribution in [0, 0.1) is 12.8 Å². The number of aryl methyl sites for hydroxylation is 1. The van der Waals surface area contributed by atoms with E-state index in [2.05, 4.69) is 13.8 Å². The van der Waals surface area contributed by atoms with Gasteiger partial charge in [0.1, 0.15) is 23.0 Å². The van der Waals surface area contributed by atoms with E-state index >= 15 is 0 Å². The fourth-order valence-corrected chi connectivity index (χ4v) is 4.79. The minimum Gasteiger partial charge on any atom is -0.507 e. The van der Waals surface area contributed by atoms with Crippen molar-refractivity contribution < 1.29 is 24.2 Å². The summed E-state index contributed by atoms with van der Waals surface area (Å²) in [7, 11) is 3.93. The lowest BCUT2D eigenvalue weighted by Crippen LogP contribution is -2.32. The lowest BCUT2D eigenvalue weighted by atomic mass is 9.93. The van der Waals surface area contributed by atoms with Gasteiger partial charge in [-0.25, -0.2) is 0 Å². The molecule has 0 spiro atoms. The Morgan fingerprint density at radius 2 is 1.68 bits per heavy atom. The summed E-state index contributed by atoms with van der Waals surface area (Å²) in [6.45, 7) is 7.70. The second-order valence-corrected chi connectivity index (χ2v) is 10.8. The maximum Gasteiger partial charge on any atom is 0.295 e. The Kier molecular flexibility index (Phi) is 9.27. The van der Waals surface area contributed by atoms with Crippen molar-refractivity contribution in [3.63, 3.8) is 0 Å². The Morgan fingerprint density at radius 1 is 0.950 bits per heavy atom. The highest BCUT2D eigenvalue weighted by atomic mass is 16.5. The Hall–Kier alpha value is -4.10. The van der Waals surface area contributed by atoms with Crippen LogP contribution < -0.4 is 9.47 Å². The minimum atomic E-state index is -0.752. The van der Waals surface area contributed by atoms with Crippen molar-refractivity contribution in [1.29, 1.82) is 0 Å². The zero-order valence-corrected chi connectivity index (χ0v) is 23.9. The molecule has 1 aliphatic heterocycles. The van der Waals surface area contributed by atoms with E-state index in [4.69, 9.17) is 9.47 Å². The van der Waals surface area contributed by atoms with Crippen molar-refractivity contribution in [3.8, 4) is 17.2 Å². The zero-order chi connectivity index (χ0) is 28.8. The standard InChI is InChI=1S/C33H38N2O5/c1-22(2)21-39-26-15-16-28(23(3)19-26)31(36)29-30(35(33(38)32(29)37)18-10-17-34(4)5)24-11-9-14-27(20-24)40-25-12-7-6-8-13-25/h6-9,11-16,19-20,22,30,36H,10,17-18,21H2,1-5H3. The molecule has 1 N–H and O–H groups in total. The van der Waals surface area contributed by atoms with E-state index in [1.165, 1.54) is 0 Å². The van der Waals surface area contributed by atoms with Gasteiger partial charge >= 0.3 is 0 Å².